The summed E-state index contributed by atoms with van der Waals surface area (Å²) in [7, 11) is 1.53. The van der Waals surface area contributed by atoms with Gasteiger partial charge in [0.1, 0.15) is 0 Å². The van der Waals surface area contributed by atoms with E-state index in [2.05, 4.69) is 27.5 Å². The molecule has 0 fully saturated rings. The van der Waals surface area contributed by atoms with E-state index in [1.54, 1.807) is 18.2 Å². The maximum absolute atomic E-state index is 13.0. The summed E-state index contributed by atoms with van der Waals surface area (Å²) in [5.74, 6) is 4.10. The van der Waals surface area contributed by atoms with Gasteiger partial charge in [-0.1, -0.05) is 49.6 Å². The van der Waals surface area contributed by atoms with Crippen LogP contribution < -0.4 is 10.6 Å². The van der Waals surface area contributed by atoms with Crippen molar-refractivity contribution < 1.29 is 35.9 Å². The van der Waals surface area contributed by atoms with Crippen LogP contribution >= 0.6 is 0 Å². The summed E-state index contributed by atoms with van der Waals surface area (Å²) in [6, 6.07) is 15.0. The second-order valence-electron chi connectivity index (χ2n) is 8.70. The van der Waals surface area contributed by atoms with Gasteiger partial charge >= 0.3 is 12.4 Å². The molecule has 2 amide bonds. The summed E-state index contributed by atoms with van der Waals surface area (Å²) in [4.78, 5) is 29.7. The molecule has 0 aliphatic carbocycles. The molecule has 0 aliphatic heterocycles. The third kappa shape index (κ3) is 7.57. The number of aromatic nitrogens is 2. The highest BCUT2D eigenvalue weighted by atomic mass is 19.4. The van der Waals surface area contributed by atoms with E-state index in [9.17, 15) is 35.9 Å². The first-order chi connectivity index (χ1) is 19.3. The molecule has 4 aromatic rings. The lowest BCUT2D eigenvalue weighted by Gasteiger charge is -2.11. The Bertz CT molecular complexity index is 1630. The zero-order valence-corrected chi connectivity index (χ0v) is 21.2. The van der Waals surface area contributed by atoms with E-state index < -0.39 is 35.3 Å². The van der Waals surface area contributed by atoms with Gasteiger partial charge in [-0.25, -0.2) is 4.98 Å². The van der Waals surface area contributed by atoms with Crippen molar-refractivity contribution in [2.24, 2.45) is 7.05 Å². The predicted octanol–water partition coefficient (Wildman–Crippen LogP) is 6.79. The van der Waals surface area contributed by atoms with Crippen molar-refractivity contribution >= 4 is 17.6 Å². The first kappa shape index (κ1) is 31.5. The number of benzene rings is 3. The number of hydrogen-bond donors (Lipinski definition) is 2. The van der Waals surface area contributed by atoms with Crippen LogP contribution in [-0.2, 0) is 19.4 Å². The second-order valence-corrected chi connectivity index (χ2v) is 8.70. The molecule has 218 valence electrons. The number of carbonyl (C=O) groups is 2. The van der Waals surface area contributed by atoms with Crippen molar-refractivity contribution in [3.8, 4) is 23.0 Å². The number of imidazole rings is 1. The van der Waals surface area contributed by atoms with E-state index in [-0.39, 0.29) is 31.2 Å². The number of carbonyl (C=O) groups excluding carboxylic acids is 2. The van der Waals surface area contributed by atoms with Gasteiger partial charge < -0.3 is 15.2 Å². The Hall–Kier alpha value is -5.05. The van der Waals surface area contributed by atoms with Crippen molar-refractivity contribution in [1.82, 2.24) is 14.9 Å². The summed E-state index contributed by atoms with van der Waals surface area (Å²) >= 11 is 0. The Balaban J connectivity index is 0.00000484. The number of alkyl halides is 6. The fourth-order valence-electron chi connectivity index (χ4n) is 3.79. The zero-order chi connectivity index (χ0) is 29.8. The molecule has 0 unspecified atom stereocenters. The highest BCUT2D eigenvalue weighted by Crippen LogP contribution is 2.32. The number of hydrogen-bond acceptors (Lipinski definition) is 3. The molecule has 0 saturated heterocycles. The van der Waals surface area contributed by atoms with E-state index in [0.717, 1.165) is 24.3 Å². The van der Waals surface area contributed by atoms with Crippen LogP contribution in [-0.4, -0.2) is 27.9 Å². The second kappa shape index (κ2) is 12.6. The van der Waals surface area contributed by atoms with Gasteiger partial charge in [0.2, 0.25) is 5.82 Å². The molecule has 0 radical (unpaired) electrons. The van der Waals surface area contributed by atoms with Crippen molar-refractivity contribution in [3.63, 3.8) is 0 Å². The molecule has 0 spiro atoms. The molecule has 0 bridgehead atoms. The molecule has 0 atom stereocenters. The highest BCUT2D eigenvalue weighted by Gasteiger charge is 2.30. The molecule has 2 N–H and O–H groups in total. The minimum atomic E-state index is -4.49. The molecule has 12 heteroatoms. The van der Waals surface area contributed by atoms with Crippen LogP contribution in [0, 0.1) is 11.8 Å². The monoisotopic (exact) mass is 586 g/mol. The van der Waals surface area contributed by atoms with Crippen LogP contribution in [0.25, 0.3) is 11.1 Å². The summed E-state index contributed by atoms with van der Waals surface area (Å²) in [5, 5.41) is 5.11. The van der Waals surface area contributed by atoms with E-state index in [1.807, 2.05) is 0 Å². The number of rotatable bonds is 5. The highest BCUT2D eigenvalue weighted by molar-refractivity contribution is 6.08. The molecule has 0 saturated carbocycles. The van der Waals surface area contributed by atoms with Crippen molar-refractivity contribution in [1.29, 1.82) is 0 Å². The smallest absolute Gasteiger partial charge is 0.338 e. The van der Waals surface area contributed by atoms with Crippen LogP contribution in [0.3, 0.4) is 0 Å². The molecule has 1 heterocycles. The van der Waals surface area contributed by atoms with E-state index in [4.69, 9.17) is 0 Å². The summed E-state index contributed by atoms with van der Waals surface area (Å²) in [6.07, 6.45) is -7.53. The maximum Gasteiger partial charge on any atom is 0.416 e. The largest absolute Gasteiger partial charge is 0.416 e. The topological polar surface area (TPSA) is 76.0 Å². The maximum atomic E-state index is 13.0. The van der Waals surface area contributed by atoms with Crippen LogP contribution in [0.4, 0.5) is 32.2 Å². The Morgan fingerprint density at radius 2 is 1.40 bits per heavy atom. The average Bonchev–Trinajstić information content (AvgIpc) is 3.30. The average molecular weight is 587 g/mol. The Morgan fingerprint density at radius 1 is 0.833 bits per heavy atom. The Morgan fingerprint density at radius 3 is 2.00 bits per heavy atom. The summed E-state index contributed by atoms with van der Waals surface area (Å²) < 4.78 is 78.1. The minimum absolute atomic E-state index is 0. The van der Waals surface area contributed by atoms with Gasteiger partial charge in [-0.05, 0) is 53.6 Å². The molecule has 3 aromatic carbocycles. The van der Waals surface area contributed by atoms with Crippen molar-refractivity contribution in [3.05, 3.63) is 107 Å². The summed E-state index contributed by atoms with van der Waals surface area (Å²) in [6.45, 7) is -0.116. The third-order valence-electron chi connectivity index (χ3n) is 5.80. The zero-order valence-electron chi connectivity index (χ0n) is 21.2. The quantitative estimate of drug-likeness (QED) is 0.200. The molecule has 6 nitrogen and oxygen atoms in total. The number of nitrogens with one attached hydrogen (secondary N) is 2. The van der Waals surface area contributed by atoms with Gasteiger partial charge in [-0.2, -0.15) is 26.3 Å². The van der Waals surface area contributed by atoms with Gasteiger partial charge in [0.15, 0.2) is 5.82 Å². The lowest BCUT2D eigenvalue weighted by Crippen LogP contribution is -2.26. The van der Waals surface area contributed by atoms with Crippen LogP contribution in [0.5, 0.6) is 0 Å². The Kier molecular flexibility index (Phi) is 9.47. The van der Waals surface area contributed by atoms with Gasteiger partial charge in [0, 0.05) is 24.4 Å². The van der Waals surface area contributed by atoms with Gasteiger partial charge in [-0.3, -0.25) is 9.59 Å². The lowest BCUT2D eigenvalue weighted by molar-refractivity contribution is -0.138. The molecule has 0 aliphatic rings. The van der Waals surface area contributed by atoms with Gasteiger partial charge in [0.05, 0.1) is 17.7 Å². The molecule has 1 aromatic heterocycles. The fraction of sp³-hybridized carbons (Fsp3) is 0.167. The van der Waals surface area contributed by atoms with Crippen molar-refractivity contribution in [2.75, 3.05) is 11.9 Å². The Labute approximate surface area is 237 Å². The number of anilines is 1. The van der Waals surface area contributed by atoms with Crippen LogP contribution in [0.1, 0.15) is 45.1 Å². The van der Waals surface area contributed by atoms with E-state index in [0.29, 0.717) is 16.7 Å². The molecule has 42 heavy (non-hydrogen) atoms. The first-order valence-electron chi connectivity index (χ1n) is 11.9. The van der Waals surface area contributed by atoms with E-state index >= 15 is 0 Å². The minimum Gasteiger partial charge on any atom is -0.338 e. The number of amides is 2. The third-order valence-corrected chi connectivity index (χ3v) is 5.80. The number of aryl methyl sites for hydroxylation is 1. The van der Waals surface area contributed by atoms with Crippen LogP contribution in [0.2, 0.25) is 0 Å². The van der Waals surface area contributed by atoms with E-state index in [1.165, 1.54) is 48.1 Å². The molecule has 4 rings (SSSR count). The number of halogens is 6. The molecular formula is C30H24F6N4O2. The van der Waals surface area contributed by atoms with Gasteiger partial charge in [0.25, 0.3) is 11.8 Å². The first-order valence-corrected chi connectivity index (χ1v) is 11.9. The standard InChI is InChI=1S/C29H20F6N4O2.CH4/c1-39-17-24(37-25(39)27(41)36-16-4-5-18-8-12-20(13-9-18)28(30,31)32)38-26(40)23-7-3-2-6-22(23)19-10-14-21(15-11-19)29(33,34)35;/h2-3,6-15,17H,16H2,1H3,(H,36,41)(H,38,40);1H4. The predicted molar refractivity (Wildman–Crippen MR) is 145 cm³/mol. The normalized spacial score (nSPS) is 11.1. The number of nitrogens with zero attached hydrogens (tertiary/aromatic N) is 2. The lowest BCUT2D eigenvalue weighted by atomic mass is 9.98. The van der Waals surface area contributed by atoms with Gasteiger partial charge in [-0.15, -0.1) is 0 Å². The van der Waals surface area contributed by atoms with Crippen molar-refractivity contribution in [2.45, 2.75) is 19.8 Å². The summed E-state index contributed by atoms with van der Waals surface area (Å²) in [5.41, 5.74) is -0.278. The fourth-order valence-corrected chi connectivity index (χ4v) is 3.79. The molecular weight excluding hydrogens is 562 g/mol. The van der Waals surface area contributed by atoms with Crippen LogP contribution in [0.15, 0.2) is 79.0 Å². The SMILES string of the molecule is C.Cn1cc(NC(=O)c2ccccc2-c2ccc(C(F)(F)F)cc2)nc1C(=O)NCC#Cc1ccc(C(F)(F)F)cc1.